The van der Waals surface area contributed by atoms with Crippen LogP contribution in [0.5, 0.6) is 5.75 Å². The van der Waals surface area contributed by atoms with Gasteiger partial charge >= 0.3 is 0 Å². The number of nitrogens with one attached hydrogen (secondary N) is 1. The maximum atomic E-state index is 13.7. The first-order valence-electron chi connectivity index (χ1n) is 7.15. The molecule has 0 spiro atoms. The number of nitrogens with zero attached hydrogens (tertiary/aromatic N) is 1. The van der Waals surface area contributed by atoms with E-state index in [2.05, 4.69) is 10.3 Å². The zero-order chi connectivity index (χ0) is 18.8. The predicted octanol–water partition coefficient (Wildman–Crippen LogP) is 4.63. The Morgan fingerprint density at radius 2 is 1.77 bits per heavy atom. The van der Waals surface area contributed by atoms with Crippen molar-refractivity contribution in [3.8, 4) is 17.0 Å². The van der Waals surface area contributed by atoms with Crippen LogP contribution in [0.2, 0.25) is 0 Å². The van der Waals surface area contributed by atoms with E-state index in [1.807, 2.05) is 0 Å². The third-order valence-electron chi connectivity index (χ3n) is 3.46. The molecule has 0 aliphatic carbocycles. The van der Waals surface area contributed by atoms with Crippen molar-refractivity contribution in [1.82, 2.24) is 4.98 Å². The molecule has 0 aliphatic rings. The molecule has 1 N–H and O–H groups in total. The van der Waals surface area contributed by atoms with Gasteiger partial charge in [0.2, 0.25) is 0 Å². The summed E-state index contributed by atoms with van der Waals surface area (Å²) in [4.78, 5) is 16.2. The van der Waals surface area contributed by atoms with Gasteiger partial charge in [-0.1, -0.05) is 0 Å². The lowest BCUT2D eigenvalue weighted by molar-refractivity contribution is 0.102. The minimum absolute atomic E-state index is 0.0883. The fourth-order valence-corrected chi connectivity index (χ4v) is 2.84. The van der Waals surface area contributed by atoms with Crippen LogP contribution < -0.4 is 10.1 Å². The van der Waals surface area contributed by atoms with Gasteiger partial charge in [0.05, 0.1) is 18.4 Å². The van der Waals surface area contributed by atoms with Crippen molar-refractivity contribution in [3.05, 3.63) is 64.5 Å². The number of carbonyl (C=O) groups excluding carboxylic acids is 1. The number of carbonyl (C=O) groups is 1. The molecule has 0 unspecified atom stereocenters. The normalized spacial score (nSPS) is 10.7. The molecule has 0 atom stereocenters. The van der Waals surface area contributed by atoms with E-state index in [0.29, 0.717) is 17.5 Å². The number of amides is 1. The van der Waals surface area contributed by atoms with Gasteiger partial charge in [-0.2, -0.15) is 0 Å². The van der Waals surface area contributed by atoms with Crippen LogP contribution in [-0.4, -0.2) is 18.0 Å². The molecule has 0 fully saturated rings. The molecule has 9 heteroatoms. The standard InChI is InChI=1S/C17H10F4N2O2S/c1-25-9-4-2-8(3-5-9)12-7-26-17(22-12)23-16(24)10-6-11(18)14(20)15(21)13(10)19/h2-7H,1H3,(H,22,23,24). The van der Waals surface area contributed by atoms with E-state index in [4.69, 9.17) is 4.74 Å². The van der Waals surface area contributed by atoms with Gasteiger partial charge in [-0.25, -0.2) is 22.5 Å². The Labute approximate surface area is 149 Å². The molecule has 2 aromatic carbocycles. The fraction of sp³-hybridized carbons (Fsp3) is 0.0588. The summed E-state index contributed by atoms with van der Waals surface area (Å²) < 4.78 is 58.2. The first kappa shape index (κ1) is 17.9. The average Bonchev–Trinajstić information content (AvgIpc) is 3.11. The second kappa shape index (κ2) is 7.12. The fourth-order valence-electron chi connectivity index (χ4n) is 2.13. The highest BCUT2D eigenvalue weighted by atomic mass is 32.1. The van der Waals surface area contributed by atoms with Gasteiger partial charge in [0.1, 0.15) is 5.75 Å². The third-order valence-corrected chi connectivity index (χ3v) is 4.22. The van der Waals surface area contributed by atoms with Crippen LogP contribution >= 0.6 is 11.3 Å². The lowest BCUT2D eigenvalue weighted by Crippen LogP contribution is -2.16. The molecule has 134 valence electrons. The second-order valence-electron chi connectivity index (χ2n) is 5.07. The maximum absolute atomic E-state index is 13.7. The highest BCUT2D eigenvalue weighted by Gasteiger charge is 2.23. The van der Waals surface area contributed by atoms with Crippen LogP contribution in [0.3, 0.4) is 0 Å². The molecule has 26 heavy (non-hydrogen) atoms. The highest BCUT2D eigenvalue weighted by molar-refractivity contribution is 7.14. The Balaban J connectivity index is 1.82. The number of benzene rings is 2. The number of thiazole rings is 1. The molecule has 0 bridgehead atoms. The van der Waals surface area contributed by atoms with E-state index >= 15 is 0 Å². The lowest BCUT2D eigenvalue weighted by atomic mass is 10.1. The summed E-state index contributed by atoms with van der Waals surface area (Å²) in [6, 6.07) is 7.26. The maximum Gasteiger partial charge on any atom is 0.260 e. The zero-order valence-electron chi connectivity index (χ0n) is 13.1. The van der Waals surface area contributed by atoms with Gasteiger partial charge in [0.25, 0.3) is 5.91 Å². The van der Waals surface area contributed by atoms with Crippen LogP contribution in [0.15, 0.2) is 35.7 Å². The highest BCUT2D eigenvalue weighted by Crippen LogP contribution is 2.27. The number of hydrogen-bond acceptors (Lipinski definition) is 4. The van der Waals surface area contributed by atoms with Crippen molar-refractivity contribution in [1.29, 1.82) is 0 Å². The monoisotopic (exact) mass is 382 g/mol. The molecule has 0 saturated heterocycles. The Bertz CT molecular complexity index is 974. The Morgan fingerprint density at radius 3 is 2.42 bits per heavy atom. The van der Waals surface area contributed by atoms with Gasteiger partial charge in [-0.3, -0.25) is 10.1 Å². The van der Waals surface area contributed by atoms with Gasteiger partial charge in [0.15, 0.2) is 28.4 Å². The van der Waals surface area contributed by atoms with E-state index < -0.39 is 34.7 Å². The molecule has 1 amide bonds. The molecule has 1 aromatic heterocycles. The Hall–Kier alpha value is -2.94. The second-order valence-corrected chi connectivity index (χ2v) is 5.93. The summed E-state index contributed by atoms with van der Waals surface area (Å²) in [6.07, 6.45) is 0. The summed E-state index contributed by atoms with van der Waals surface area (Å²) in [5, 5.41) is 3.96. The molecule has 3 rings (SSSR count). The van der Waals surface area contributed by atoms with Crippen molar-refractivity contribution in [3.63, 3.8) is 0 Å². The topological polar surface area (TPSA) is 51.2 Å². The first-order chi connectivity index (χ1) is 12.4. The third kappa shape index (κ3) is 3.38. The van der Waals surface area contributed by atoms with Crippen molar-refractivity contribution < 1.29 is 27.1 Å². The average molecular weight is 382 g/mol. The van der Waals surface area contributed by atoms with E-state index in [1.54, 1.807) is 29.6 Å². The van der Waals surface area contributed by atoms with E-state index in [9.17, 15) is 22.4 Å². The number of aromatic nitrogens is 1. The van der Waals surface area contributed by atoms with E-state index in [1.165, 1.54) is 7.11 Å². The summed E-state index contributed by atoms with van der Waals surface area (Å²) in [5.41, 5.74) is 0.320. The number of ether oxygens (including phenoxy) is 1. The number of methoxy groups -OCH3 is 1. The summed E-state index contributed by atoms with van der Waals surface area (Å²) >= 11 is 1.04. The predicted molar refractivity (Wildman–Crippen MR) is 88.3 cm³/mol. The number of halogens is 4. The molecule has 0 saturated carbocycles. The van der Waals surface area contributed by atoms with Gasteiger partial charge in [-0.15, -0.1) is 11.3 Å². The Morgan fingerprint density at radius 1 is 1.08 bits per heavy atom. The molecule has 3 aromatic rings. The van der Waals surface area contributed by atoms with Crippen molar-refractivity contribution >= 4 is 22.4 Å². The molecule has 0 aliphatic heterocycles. The van der Waals surface area contributed by atoms with Crippen LogP contribution in [0.4, 0.5) is 22.7 Å². The molecular weight excluding hydrogens is 372 g/mol. The number of hydrogen-bond donors (Lipinski definition) is 1. The van der Waals surface area contributed by atoms with Crippen LogP contribution in [0.1, 0.15) is 10.4 Å². The van der Waals surface area contributed by atoms with Crippen LogP contribution in [-0.2, 0) is 0 Å². The van der Waals surface area contributed by atoms with Crippen molar-refractivity contribution in [2.24, 2.45) is 0 Å². The van der Waals surface area contributed by atoms with E-state index in [-0.39, 0.29) is 5.13 Å². The largest absolute Gasteiger partial charge is 0.497 e. The quantitative estimate of drug-likeness (QED) is 0.407. The number of anilines is 1. The van der Waals surface area contributed by atoms with Crippen molar-refractivity contribution in [2.75, 3.05) is 12.4 Å². The Kier molecular flexibility index (Phi) is 4.90. The van der Waals surface area contributed by atoms with Crippen LogP contribution in [0, 0.1) is 23.3 Å². The summed E-state index contributed by atoms with van der Waals surface area (Å²) in [7, 11) is 1.53. The smallest absolute Gasteiger partial charge is 0.260 e. The van der Waals surface area contributed by atoms with Gasteiger partial charge < -0.3 is 4.74 Å². The molecule has 4 nitrogen and oxygen atoms in total. The van der Waals surface area contributed by atoms with Gasteiger partial charge in [-0.05, 0) is 30.3 Å². The van der Waals surface area contributed by atoms with Crippen LogP contribution in [0.25, 0.3) is 11.3 Å². The SMILES string of the molecule is COc1ccc(-c2csc(NC(=O)c3cc(F)c(F)c(F)c3F)n2)cc1. The molecular formula is C17H10F4N2O2S. The zero-order valence-corrected chi connectivity index (χ0v) is 14.0. The molecule has 1 heterocycles. The number of rotatable bonds is 4. The minimum Gasteiger partial charge on any atom is -0.497 e. The van der Waals surface area contributed by atoms with E-state index in [0.717, 1.165) is 16.9 Å². The van der Waals surface area contributed by atoms with Crippen molar-refractivity contribution in [2.45, 2.75) is 0 Å². The summed E-state index contributed by atoms with van der Waals surface area (Å²) in [6.45, 7) is 0. The van der Waals surface area contributed by atoms with Gasteiger partial charge in [0, 0.05) is 10.9 Å². The summed E-state index contributed by atoms with van der Waals surface area (Å²) in [5.74, 6) is -7.94. The molecule has 0 radical (unpaired) electrons. The first-order valence-corrected chi connectivity index (χ1v) is 8.03. The lowest BCUT2D eigenvalue weighted by Gasteiger charge is -2.05. The minimum atomic E-state index is -2.05.